The molecule has 1 aliphatic rings. The van der Waals surface area contributed by atoms with Crippen LogP contribution in [0, 0.1) is 0 Å². The first kappa shape index (κ1) is 60.4. The quantitative estimate of drug-likeness (QED) is 0.0267. The van der Waals surface area contributed by atoms with Crippen molar-refractivity contribution in [3.8, 4) is 0 Å². The molecule has 0 bridgehead atoms. The first-order chi connectivity index (χ1) is 31.4. The number of allylic oxidation sites excluding steroid dienone is 6. The summed E-state index contributed by atoms with van der Waals surface area (Å²) in [5, 5.41) is 40.3. The Bertz CT molecular complexity index is 1080. The Hall–Kier alpha value is -1.59. The van der Waals surface area contributed by atoms with Crippen LogP contribution in [0.2, 0.25) is 0 Å². The van der Waals surface area contributed by atoms with E-state index in [2.05, 4.69) is 50.3 Å². The fourth-order valence-electron chi connectivity index (χ4n) is 8.39. The van der Waals surface area contributed by atoms with Gasteiger partial charge in [0, 0.05) is 13.0 Å². The monoisotopic (exact) mass is 907 g/mol. The molecule has 1 fully saturated rings. The number of ether oxygens (including phenoxy) is 4. The van der Waals surface area contributed by atoms with E-state index in [1.54, 1.807) is 0 Å². The Morgan fingerprint density at radius 2 is 0.953 bits per heavy atom. The van der Waals surface area contributed by atoms with E-state index in [0.717, 1.165) is 64.2 Å². The van der Waals surface area contributed by atoms with Crippen molar-refractivity contribution < 1.29 is 44.2 Å². The third kappa shape index (κ3) is 36.5. The van der Waals surface area contributed by atoms with Crippen molar-refractivity contribution in [2.24, 2.45) is 0 Å². The molecule has 1 heterocycles. The van der Waals surface area contributed by atoms with Crippen LogP contribution in [0.15, 0.2) is 36.5 Å². The molecule has 4 N–H and O–H groups in total. The van der Waals surface area contributed by atoms with Crippen LogP contribution in [-0.2, 0) is 23.7 Å². The molecule has 376 valence electrons. The van der Waals surface area contributed by atoms with Crippen LogP contribution in [0.1, 0.15) is 245 Å². The predicted molar refractivity (Wildman–Crippen MR) is 265 cm³/mol. The molecule has 6 atom stereocenters. The standard InChI is InChI=1S/C55H102O9/c1-3-5-7-9-11-13-15-17-19-21-22-23-24-25-26-27-29-31-33-35-37-39-41-43-45-61-47-49(48-62-55-54(60)53(59)52(58)50(46-56)64-55)63-51(57)44-42-40-38-36-34-32-30-28-20-18-16-14-12-10-8-6-4-2/h6,8,12,14,18,20,49-50,52-56,58-60H,3-5,7,9-11,13,15-17,19,21-48H2,1-2H3/b8-6-,14-12-,20-18-. The van der Waals surface area contributed by atoms with Gasteiger partial charge < -0.3 is 39.4 Å². The summed E-state index contributed by atoms with van der Waals surface area (Å²) < 4.78 is 22.9. The second-order valence-corrected chi connectivity index (χ2v) is 18.7. The highest BCUT2D eigenvalue weighted by Crippen LogP contribution is 2.23. The molecule has 9 heteroatoms. The Morgan fingerprint density at radius 3 is 1.44 bits per heavy atom. The normalized spacial score (nSPS) is 19.8. The minimum absolute atomic E-state index is 0.115. The zero-order chi connectivity index (χ0) is 46.4. The zero-order valence-electron chi connectivity index (χ0n) is 41.5. The number of carbonyl (C=O) groups is 1. The number of aliphatic hydroxyl groups is 4. The Kier molecular flexibility index (Phi) is 43.9. The number of esters is 1. The lowest BCUT2D eigenvalue weighted by molar-refractivity contribution is -0.305. The van der Waals surface area contributed by atoms with Gasteiger partial charge in [-0.3, -0.25) is 4.79 Å². The second kappa shape index (κ2) is 46.5. The summed E-state index contributed by atoms with van der Waals surface area (Å²) in [6.07, 6.45) is 50.5. The lowest BCUT2D eigenvalue weighted by Crippen LogP contribution is -2.59. The summed E-state index contributed by atoms with van der Waals surface area (Å²) in [6.45, 7) is 4.48. The van der Waals surface area contributed by atoms with Gasteiger partial charge in [-0.15, -0.1) is 0 Å². The van der Waals surface area contributed by atoms with E-state index in [0.29, 0.717) is 13.0 Å². The van der Waals surface area contributed by atoms with Crippen molar-refractivity contribution in [1.82, 2.24) is 0 Å². The van der Waals surface area contributed by atoms with Gasteiger partial charge in [0.15, 0.2) is 6.29 Å². The predicted octanol–water partition coefficient (Wildman–Crippen LogP) is 13.5. The van der Waals surface area contributed by atoms with Crippen molar-refractivity contribution in [1.29, 1.82) is 0 Å². The molecule has 0 amide bonds. The Labute approximate surface area is 393 Å². The molecule has 0 aromatic carbocycles. The van der Waals surface area contributed by atoms with Gasteiger partial charge >= 0.3 is 5.97 Å². The number of carbonyl (C=O) groups excluding carboxylic acids is 1. The fraction of sp³-hybridized carbons (Fsp3) is 0.873. The highest BCUT2D eigenvalue weighted by molar-refractivity contribution is 5.69. The molecule has 0 aromatic heterocycles. The molecule has 6 unspecified atom stereocenters. The summed E-state index contributed by atoms with van der Waals surface area (Å²) in [5.41, 5.74) is 0. The third-order valence-electron chi connectivity index (χ3n) is 12.6. The summed E-state index contributed by atoms with van der Waals surface area (Å²) >= 11 is 0. The van der Waals surface area contributed by atoms with Gasteiger partial charge in [0.25, 0.3) is 0 Å². The SMILES string of the molecule is CC/C=C\C/C=C\C/C=C\CCCCCCCCCC(=O)OC(COCCCCCCCCCCCCCCCCCCCCCCCCCC)COC1OC(CO)C(O)C(O)C1O. The number of aliphatic hydroxyl groups excluding tert-OH is 4. The van der Waals surface area contributed by atoms with Crippen LogP contribution in [0.25, 0.3) is 0 Å². The third-order valence-corrected chi connectivity index (χ3v) is 12.6. The minimum Gasteiger partial charge on any atom is -0.457 e. The summed E-state index contributed by atoms with van der Waals surface area (Å²) in [5.74, 6) is -0.320. The van der Waals surface area contributed by atoms with Crippen LogP contribution in [0.5, 0.6) is 0 Å². The molecular weight excluding hydrogens is 805 g/mol. The molecule has 0 aliphatic carbocycles. The van der Waals surface area contributed by atoms with E-state index in [9.17, 15) is 25.2 Å². The largest absolute Gasteiger partial charge is 0.457 e. The molecule has 0 saturated carbocycles. The van der Waals surface area contributed by atoms with E-state index in [1.165, 1.54) is 161 Å². The van der Waals surface area contributed by atoms with E-state index in [-0.39, 0.29) is 19.2 Å². The van der Waals surface area contributed by atoms with Crippen molar-refractivity contribution in [2.75, 3.05) is 26.4 Å². The highest BCUT2D eigenvalue weighted by Gasteiger charge is 2.44. The topological polar surface area (TPSA) is 135 Å². The van der Waals surface area contributed by atoms with Crippen molar-refractivity contribution in [3.63, 3.8) is 0 Å². The van der Waals surface area contributed by atoms with Crippen LogP contribution in [0.3, 0.4) is 0 Å². The van der Waals surface area contributed by atoms with Gasteiger partial charge in [-0.25, -0.2) is 0 Å². The fourth-order valence-corrected chi connectivity index (χ4v) is 8.39. The van der Waals surface area contributed by atoms with Crippen LogP contribution in [-0.4, -0.2) is 89.6 Å². The van der Waals surface area contributed by atoms with E-state index in [4.69, 9.17) is 18.9 Å². The Morgan fingerprint density at radius 1 is 0.516 bits per heavy atom. The average Bonchev–Trinajstić information content (AvgIpc) is 3.30. The smallest absolute Gasteiger partial charge is 0.306 e. The molecule has 0 spiro atoms. The maximum Gasteiger partial charge on any atom is 0.306 e. The zero-order valence-corrected chi connectivity index (χ0v) is 41.5. The molecule has 1 rings (SSSR count). The highest BCUT2D eigenvalue weighted by atomic mass is 16.7. The van der Waals surface area contributed by atoms with Gasteiger partial charge in [-0.1, -0.05) is 230 Å². The summed E-state index contributed by atoms with van der Waals surface area (Å²) in [7, 11) is 0. The molecule has 64 heavy (non-hydrogen) atoms. The lowest BCUT2D eigenvalue weighted by Gasteiger charge is -2.39. The van der Waals surface area contributed by atoms with Gasteiger partial charge in [-0.05, 0) is 44.9 Å². The van der Waals surface area contributed by atoms with Gasteiger partial charge in [0.2, 0.25) is 0 Å². The summed E-state index contributed by atoms with van der Waals surface area (Å²) in [6, 6.07) is 0. The molecule has 1 aliphatic heterocycles. The van der Waals surface area contributed by atoms with Crippen LogP contribution in [0.4, 0.5) is 0 Å². The summed E-state index contributed by atoms with van der Waals surface area (Å²) in [4.78, 5) is 12.8. The van der Waals surface area contributed by atoms with Crippen molar-refractivity contribution >= 4 is 5.97 Å². The van der Waals surface area contributed by atoms with Gasteiger partial charge in [0.05, 0.1) is 19.8 Å². The minimum atomic E-state index is -1.54. The molecule has 0 aromatic rings. The number of unbranched alkanes of at least 4 members (excludes halogenated alkanes) is 30. The van der Waals surface area contributed by atoms with Crippen molar-refractivity contribution in [2.45, 2.75) is 282 Å². The second-order valence-electron chi connectivity index (χ2n) is 18.7. The van der Waals surface area contributed by atoms with Crippen molar-refractivity contribution in [3.05, 3.63) is 36.5 Å². The van der Waals surface area contributed by atoms with Gasteiger partial charge in [0.1, 0.15) is 30.5 Å². The maximum atomic E-state index is 12.8. The first-order valence-corrected chi connectivity index (χ1v) is 27.1. The van der Waals surface area contributed by atoms with Crippen LogP contribution >= 0.6 is 0 Å². The van der Waals surface area contributed by atoms with Gasteiger partial charge in [-0.2, -0.15) is 0 Å². The Balaban J connectivity index is 2.15. The first-order valence-electron chi connectivity index (χ1n) is 27.1. The number of hydrogen-bond acceptors (Lipinski definition) is 9. The van der Waals surface area contributed by atoms with E-state index >= 15 is 0 Å². The molecule has 1 saturated heterocycles. The number of hydrogen-bond donors (Lipinski definition) is 4. The van der Waals surface area contributed by atoms with E-state index in [1.807, 2.05) is 0 Å². The molecule has 9 nitrogen and oxygen atoms in total. The number of rotatable bonds is 47. The average molecular weight is 907 g/mol. The van der Waals surface area contributed by atoms with Crippen LogP contribution < -0.4 is 0 Å². The maximum absolute atomic E-state index is 12.8. The van der Waals surface area contributed by atoms with E-state index < -0.39 is 43.4 Å². The lowest BCUT2D eigenvalue weighted by atomic mass is 9.99. The molecule has 0 radical (unpaired) electrons. The molecular formula is C55H102O9.